The molecule has 1 heterocycles. The Labute approximate surface area is 224 Å². The fourth-order valence-corrected chi connectivity index (χ4v) is 6.67. The zero-order chi connectivity index (χ0) is 28.1. The van der Waals surface area contributed by atoms with Crippen LogP contribution in [0.15, 0.2) is 0 Å². The van der Waals surface area contributed by atoms with Crippen molar-refractivity contribution in [2.24, 2.45) is 5.92 Å². The molecular weight excluding hydrogens is 514 g/mol. The first-order chi connectivity index (χ1) is 17.8. The molecule has 12 nitrogen and oxygen atoms in total. The Morgan fingerprint density at radius 3 is 2.21 bits per heavy atom. The van der Waals surface area contributed by atoms with Gasteiger partial charge in [-0.25, -0.2) is 13.2 Å². The van der Waals surface area contributed by atoms with E-state index in [1.807, 2.05) is 0 Å². The second kappa shape index (κ2) is 12.4. The minimum atomic E-state index is -3.35. The molecule has 0 radical (unpaired) electrons. The van der Waals surface area contributed by atoms with Gasteiger partial charge in [0.2, 0.25) is 17.6 Å². The van der Waals surface area contributed by atoms with Gasteiger partial charge in [-0.2, -0.15) is 0 Å². The number of ketones is 1. The summed E-state index contributed by atoms with van der Waals surface area (Å²) in [6, 6.07) is -2.34. The van der Waals surface area contributed by atoms with E-state index >= 15 is 0 Å². The van der Waals surface area contributed by atoms with Crippen LogP contribution >= 0.6 is 0 Å². The highest BCUT2D eigenvalue weighted by Gasteiger charge is 2.41. The maximum absolute atomic E-state index is 13.5. The Kier molecular flexibility index (Phi) is 9.77. The van der Waals surface area contributed by atoms with E-state index < -0.39 is 63.5 Å². The number of nitrogens with one attached hydrogen (secondary N) is 4. The number of carbonyl (C=O) groups excluding carboxylic acids is 5. The van der Waals surface area contributed by atoms with Crippen molar-refractivity contribution in [1.82, 2.24) is 26.2 Å². The number of likely N-dealkylation sites (tertiary alicyclic amines) is 1. The molecule has 2 atom stereocenters. The third kappa shape index (κ3) is 8.40. The molecule has 3 rings (SSSR count). The van der Waals surface area contributed by atoms with E-state index in [1.165, 1.54) is 4.90 Å². The van der Waals surface area contributed by atoms with Crippen LogP contribution < -0.4 is 21.3 Å². The number of rotatable bonds is 11. The van der Waals surface area contributed by atoms with Crippen molar-refractivity contribution in [3.63, 3.8) is 0 Å². The molecule has 3 fully saturated rings. The fourth-order valence-electron chi connectivity index (χ4n) is 5.31. The molecule has 2 saturated carbocycles. The zero-order valence-corrected chi connectivity index (χ0v) is 23.3. The van der Waals surface area contributed by atoms with E-state index in [2.05, 4.69) is 21.3 Å². The lowest BCUT2D eigenvalue weighted by molar-refractivity contribution is -0.141. The van der Waals surface area contributed by atoms with Gasteiger partial charge in [-0.15, -0.1) is 0 Å². The van der Waals surface area contributed by atoms with Gasteiger partial charge in [-0.3, -0.25) is 19.2 Å². The van der Waals surface area contributed by atoms with Crippen molar-refractivity contribution in [2.75, 3.05) is 25.1 Å². The van der Waals surface area contributed by atoms with E-state index in [0.29, 0.717) is 32.2 Å². The molecule has 4 N–H and O–H groups in total. The molecule has 0 unspecified atom stereocenters. The topological polar surface area (TPSA) is 171 Å². The van der Waals surface area contributed by atoms with Crippen LogP contribution in [0, 0.1) is 5.92 Å². The van der Waals surface area contributed by atoms with E-state index in [-0.39, 0.29) is 17.7 Å². The first-order valence-corrected chi connectivity index (χ1v) is 15.5. The largest absolute Gasteiger partial charge is 0.347 e. The van der Waals surface area contributed by atoms with Gasteiger partial charge in [0.1, 0.15) is 21.9 Å². The molecule has 3 aliphatic rings. The summed E-state index contributed by atoms with van der Waals surface area (Å²) in [5.41, 5.74) is -0.880. The highest BCUT2D eigenvalue weighted by Crippen LogP contribution is 2.29. The maximum atomic E-state index is 13.5. The van der Waals surface area contributed by atoms with Crippen LogP contribution in [0.2, 0.25) is 0 Å². The predicted octanol–water partition coefficient (Wildman–Crippen LogP) is 0.0126. The van der Waals surface area contributed by atoms with Crippen LogP contribution in [0.25, 0.3) is 0 Å². The molecule has 2 aliphatic carbocycles. The maximum Gasteiger partial charge on any atom is 0.315 e. The first kappa shape index (κ1) is 29.9. The van der Waals surface area contributed by atoms with Gasteiger partial charge in [0.05, 0.1) is 17.8 Å². The van der Waals surface area contributed by atoms with Gasteiger partial charge >= 0.3 is 6.03 Å². The average Bonchev–Trinajstić information content (AvgIpc) is 3.50. The summed E-state index contributed by atoms with van der Waals surface area (Å²) in [6.07, 6.45) is 7.46. The number of nitrogens with zero attached hydrogens (tertiary/aromatic N) is 1. The van der Waals surface area contributed by atoms with Crippen LogP contribution in [0.3, 0.4) is 0 Å². The normalized spacial score (nSPS) is 21.9. The number of Topliss-reactive ketones (excluding diaryl/α,β-unsaturated/α-hetero) is 1. The summed E-state index contributed by atoms with van der Waals surface area (Å²) >= 11 is 0. The Morgan fingerprint density at radius 2 is 1.63 bits per heavy atom. The van der Waals surface area contributed by atoms with Crippen LogP contribution in [0.5, 0.6) is 0 Å². The van der Waals surface area contributed by atoms with Gasteiger partial charge in [0, 0.05) is 18.8 Å². The lowest BCUT2D eigenvalue weighted by Gasteiger charge is -2.38. The molecule has 214 valence electrons. The standard InChI is InChI=1S/C25H41N5O7S/c1-16(2)20(28-24(35)29-25(15-38(3,36)37)11-5-4-6-12-25)23(34)30-13-7-8-18(30)21(32)26-14-19(31)22(33)27-17-9-10-17/h16-18,20H,4-15H2,1-3H3,(H,26,32)(H,27,33)(H2,28,29,35)/t18-,20-/m0/s1. The van der Waals surface area contributed by atoms with Crippen molar-refractivity contribution >= 4 is 39.4 Å². The van der Waals surface area contributed by atoms with Gasteiger partial charge in [-0.1, -0.05) is 33.1 Å². The van der Waals surface area contributed by atoms with Gasteiger partial charge in [0.25, 0.3) is 5.91 Å². The molecule has 0 bridgehead atoms. The quantitative estimate of drug-likeness (QED) is 0.260. The van der Waals surface area contributed by atoms with Gasteiger partial charge in [0.15, 0.2) is 0 Å². The molecule has 1 aliphatic heterocycles. The Bertz CT molecular complexity index is 1030. The van der Waals surface area contributed by atoms with E-state index in [4.69, 9.17) is 0 Å². The van der Waals surface area contributed by atoms with Crippen LogP contribution in [-0.2, 0) is 29.0 Å². The lowest BCUT2D eigenvalue weighted by Crippen LogP contribution is -2.61. The van der Waals surface area contributed by atoms with E-state index in [0.717, 1.165) is 38.4 Å². The smallest absolute Gasteiger partial charge is 0.315 e. The van der Waals surface area contributed by atoms with Crippen molar-refractivity contribution in [3.8, 4) is 0 Å². The molecule has 13 heteroatoms. The fraction of sp³-hybridized carbons (Fsp3) is 0.800. The summed E-state index contributed by atoms with van der Waals surface area (Å²) in [7, 11) is -3.35. The van der Waals surface area contributed by atoms with Crippen LogP contribution in [0.1, 0.15) is 71.6 Å². The molecule has 1 saturated heterocycles. The van der Waals surface area contributed by atoms with Crippen LogP contribution in [-0.4, -0.2) is 91.6 Å². The first-order valence-electron chi connectivity index (χ1n) is 13.5. The number of sulfone groups is 1. The molecule has 5 amide bonds. The molecule has 0 aromatic heterocycles. The number of hydrogen-bond acceptors (Lipinski definition) is 7. The summed E-state index contributed by atoms with van der Waals surface area (Å²) in [5, 5.41) is 10.6. The van der Waals surface area contributed by atoms with Gasteiger partial charge < -0.3 is 26.2 Å². The zero-order valence-electron chi connectivity index (χ0n) is 22.5. The highest BCUT2D eigenvalue weighted by atomic mass is 32.2. The van der Waals surface area contributed by atoms with Crippen LogP contribution in [0.4, 0.5) is 4.79 Å². The molecule has 38 heavy (non-hydrogen) atoms. The predicted molar refractivity (Wildman–Crippen MR) is 140 cm³/mol. The Morgan fingerprint density at radius 1 is 0.974 bits per heavy atom. The summed E-state index contributed by atoms with van der Waals surface area (Å²) in [6.45, 7) is 3.42. The van der Waals surface area contributed by atoms with Gasteiger partial charge in [-0.05, 0) is 44.4 Å². The Hall–Kier alpha value is -2.70. The number of carbonyl (C=O) groups is 5. The number of amides is 5. The van der Waals surface area contributed by atoms with E-state index in [9.17, 15) is 32.4 Å². The lowest BCUT2D eigenvalue weighted by atomic mass is 9.83. The molecule has 0 aromatic carbocycles. The molecular formula is C25H41N5O7S. The Balaban J connectivity index is 1.61. The number of urea groups is 1. The SMILES string of the molecule is CC(C)[C@H](NC(=O)NC1(CS(C)(=O)=O)CCCCC1)C(=O)N1CCC[C@H]1C(=O)NCC(=O)C(=O)NC1CC1. The van der Waals surface area contributed by atoms with Crippen molar-refractivity contribution in [1.29, 1.82) is 0 Å². The highest BCUT2D eigenvalue weighted by molar-refractivity contribution is 7.90. The summed E-state index contributed by atoms with van der Waals surface area (Å²) < 4.78 is 24.1. The second-order valence-electron chi connectivity index (χ2n) is 11.3. The third-order valence-corrected chi connectivity index (χ3v) is 8.45. The minimum absolute atomic E-state index is 0.0298. The number of hydrogen-bond donors (Lipinski definition) is 4. The van der Waals surface area contributed by atoms with E-state index in [1.54, 1.807) is 13.8 Å². The van der Waals surface area contributed by atoms with Crippen molar-refractivity contribution in [3.05, 3.63) is 0 Å². The van der Waals surface area contributed by atoms with Crippen molar-refractivity contribution in [2.45, 2.75) is 95.3 Å². The monoisotopic (exact) mass is 555 g/mol. The third-order valence-electron chi connectivity index (χ3n) is 7.37. The summed E-state index contributed by atoms with van der Waals surface area (Å²) in [5.74, 6) is -2.89. The van der Waals surface area contributed by atoms with Crippen molar-refractivity contribution < 1.29 is 32.4 Å². The second-order valence-corrected chi connectivity index (χ2v) is 13.4. The minimum Gasteiger partial charge on any atom is -0.347 e. The molecule has 0 spiro atoms. The molecule has 0 aromatic rings. The average molecular weight is 556 g/mol. The summed E-state index contributed by atoms with van der Waals surface area (Å²) in [4.78, 5) is 64.6.